The van der Waals surface area contributed by atoms with Crippen LogP contribution in [0.15, 0.2) is 24.3 Å². The van der Waals surface area contributed by atoms with Gasteiger partial charge in [-0.25, -0.2) is 13.2 Å². The van der Waals surface area contributed by atoms with E-state index in [1.165, 1.54) is 13.0 Å². The van der Waals surface area contributed by atoms with Crippen molar-refractivity contribution in [3.05, 3.63) is 57.1 Å². The number of carbonyl (C=O) groups is 1. The van der Waals surface area contributed by atoms with E-state index in [0.29, 0.717) is 38.3 Å². The standard InChI is InChI=1S/C18H20F3N5O3/c1-12-17(26(28)29)16(18(20)21)22-25(12)11-15(27)24-8-6-23(7-9-24)10-13-4-2-3-5-14(13)19/h2-5,18H,6-11H2,1H3. The fourth-order valence-electron chi connectivity index (χ4n) is 3.34. The van der Waals surface area contributed by atoms with Crippen LogP contribution in [-0.4, -0.2) is 56.6 Å². The van der Waals surface area contributed by atoms with Crippen molar-refractivity contribution in [3.63, 3.8) is 0 Å². The Hall–Kier alpha value is -2.95. The van der Waals surface area contributed by atoms with Crippen molar-refractivity contribution in [1.29, 1.82) is 0 Å². The molecule has 2 aromatic rings. The maximum Gasteiger partial charge on any atom is 0.319 e. The summed E-state index contributed by atoms with van der Waals surface area (Å²) in [5, 5.41) is 14.6. The lowest BCUT2D eigenvalue weighted by atomic mass is 10.2. The number of hydrogen-bond donors (Lipinski definition) is 0. The van der Waals surface area contributed by atoms with Crippen LogP contribution in [0.4, 0.5) is 18.9 Å². The summed E-state index contributed by atoms with van der Waals surface area (Å²) in [6.45, 7) is 3.19. The smallest absolute Gasteiger partial charge is 0.319 e. The van der Waals surface area contributed by atoms with Gasteiger partial charge in [0.25, 0.3) is 6.43 Å². The topological polar surface area (TPSA) is 84.5 Å². The monoisotopic (exact) mass is 411 g/mol. The summed E-state index contributed by atoms with van der Waals surface area (Å²) < 4.78 is 40.8. The van der Waals surface area contributed by atoms with Gasteiger partial charge in [-0.3, -0.25) is 24.5 Å². The third-order valence-corrected chi connectivity index (χ3v) is 4.95. The van der Waals surface area contributed by atoms with Gasteiger partial charge in [-0.05, 0) is 13.0 Å². The van der Waals surface area contributed by atoms with Crippen LogP contribution in [0, 0.1) is 22.9 Å². The van der Waals surface area contributed by atoms with E-state index in [2.05, 4.69) is 5.10 Å². The maximum atomic E-state index is 13.8. The molecule has 1 saturated heterocycles. The summed E-state index contributed by atoms with van der Waals surface area (Å²) >= 11 is 0. The van der Waals surface area contributed by atoms with Gasteiger partial charge in [0.15, 0.2) is 0 Å². The highest BCUT2D eigenvalue weighted by Gasteiger charge is 2.32. The number of aromatic nitrogens is 2. The first-order valence-electron chi connectivity index (χ1n) is 9.01. The van der Waals surface area contributed by atoms with Crippen molar-refractivity contribution in [1.82, 2.24) is 19.6 Å². The minimum Gasteiger partial charge on any atom is -0.339 e. The highest BCUT2D eigenvalue weighted by atomic mass is 19.3. The first-order valence-corrected chi connectivity index (χ1v) is 9.01. The molecule has 1 aliphatic rings. The quantitative estimate of drug-likeness (QED) is 0.539. The molecule has 0 radical (unpaired) electrons. The Morgan fingerprint density at radius 1 is 1.24 bits per heavy atom. The molecule has 0 spiro atoms. The molecule has 0 bridgehead atoms. The molecular formula is C18H20F3N5O3. The van der Waals surface area contributed by atoms with Gasteiger partial charge in [0.1, 0.15) is 18.1 Å². The number of nitrogens with zero attached hydrogens (tertiary/aromatic N) is 5. The highest BCUT2D eigenvalue weighted by molar-refractivity contribution is 5.76. The summed E-state index contributed by atoms with van der Waals surface area (Å²) in [6.07, 6.45) is -3.10. The summed E-state index contributed by atoms with van der Waals surface area (Å²) in [6, 6.07) is 6.49. The Morgan fingerprint density at radius 2 is 1.90 bits per heavy atom. The van der Waals surface area contributed by atoms with Crippen molar-refractivity contribution in [2.24, 2.45) is 0 Å². The number of hydrogen-bond acceptors (Lipinski definition) is 5. The molecule has 0 unspecified atom stereocenters. The third kappa shape index (κ3) is 4.56. The van der Waals surface area contributed by atoms with E-state index in [0.717, 1.165) is 4.68 Å². The first kappa shape index (κ1) is 20.8. The molecule has 1 aromatic carbocycles. The van der Waals surface area contributed by atoms with Crippen LogP contribution < -0.4 is 0 Å². The number of benzene rings is 1. The molecule has 1 aliphatic heterocycles. The molecule has 29 heavy (non-hydrogen) atoms. The van der Waals surface area contributed by atoms with Gasteiger partial charge in [0, 0.05) is 38.3 Å². The van der Waals surface area contributed by atoms with E-state index >= 15 is 0 Å². The molecule has 0 atom stereocenters. The average molecular weight is 411 g/mol. The molecule has 1 amide bonds. The van der Waals surface area contributed by atoms with Crippen LogP contribution in [0.5, 0.6) is 0 Å². The van der Waals surface area contributed by atoms with Crippen molar-refractivity contribution in [3.8, 4) is 0 Å². The zero-order valence-corrected chi connectivity index (χ0v) is 15.7. The second-order valence-corrected chi connectivity index (χ2v) is 6.78. The van der Waals surface area contributed by atoms with Gasteiger partial charge in [-0.15, -0.1) is 0 Å². The van der Waals surface area contributed by atoms with Crippen LogP contribution >= 0.6 is 0 Å². The number of carbonyl (C=O) groups excluding carboxylic acids is 1. The molecule has 0 aliphatic carbocycles. The molecule has 8 nitrogen and oxygen atoms in total. The van der Waals surface area contributed by atoms with E-state index in [1.54, 1.807) is 23.1 Å². The number of nitro groups is 1. The normalized spacial score (nSPS) is 15.1. The lowest BCUT2D eigenvalue weighted by Crippen LogP contribution is -2.49. The zero-order chi connectivity index (χ0) is 21.1. The minimum absolute atomic E-state index is 0.0863. The Morgan fingerprint density at radius 3 is 2.45 bits per heavy atom. The maximum absolute atomic E-state index is 13.8. The van der Waals surface area contributed by atoms with Crippen molar-refractivity contribution in [2.45, 2.75) is 26.4 Å². The lowest BCUT2D eigenvalue weighted by molar-refractivity contribution is -0.386. The van der Waals surface area contributed by atoms with Crippen molar-refractivity contribution >= 4 is 11.6 Å². The molecule has 156 valence electrons. The van der Waals surface area contributed by atoms with Crippen molar-refractivity contribution in [2.75, 3.05) is 26.2 Å². The summed E-state index contributed by atoms with van der Waals surface area (Å²) in [5.74, 6) is -0.645. The van der Waals surface area contributed by atoms with Crippen LogP contribution in [0.2, 0.25) is 0 Å². The van der Waals surface area contributed by atoms with E-state index in [1.807, 2.05) is 4.90 Å². The summed E-state index contributed by atoms with van der Waals surface area (Å²) in [5.41, 5.74) is -1.21. The largest absolute Gasteiger partial charge is 0.339 e. The third-order valence-electron chi connectivity index (χ3n) is 4.95. The van der Waals surface area contributed by atoms with Gasteiger partial charge in [0.2, 0.25) is 11.6 Å². The number of amides is 1. The molecule has 1 fully saturated rings. The fourth-order valence-corrected chi connectivity index (χ4v) is 3.34. The second kappa shape index (κ2) is 8.60. The number of alkyl halides is 2. The molecule has 2 heterocycles. The predicted octanol–water partition coefficient (Wildman–Crippen LogP) is 2.52. The Bertz CT molecular complexity index is 910. The second-order valence-electron chi connectivity index (χ2n) is 6.78. The van der Waals surface area contributed by atoms with E-state index in [-0.39, 0.29) is 24.0 Å². The van der Waals surface area contributed by atoms with Gasteiger partial charge in [-0.1, -0.05) is 18.2 Å². The van der Waals surface area contributed by atoms with Gasteiger partial charge in [0.05, 0.1) is 4.92 Å². The molecule has 0 N–H and O–H groups in total. The Labute approximate surface area is 164 Å². The number of rotatable bonds is 6. The van der Waals surface area contributed by atoms with Gasteiger partial charge < -0.3 is 4.90 Å². The lowest BCUT2D eigenvalue weighted by Gasteiger charge is -2.34. The highest BCUT2D eigenvalue weighted by Crippen LogP contribution is 2.30. The summed E-state index contributed by atoms with van der Waals surface area (Å²) in [4.78, 5) is 26.2. The van der Waals surface area contributed by atoms with Gasteiger partial charge >= 0.3 is 5.69 Å². The van der Waals surface area contributed by atoms with Crippen LogP contribution in [-0.2, 0) is 17.9 Å². The van der Waals surface area contributed by atoms with Crippen LogP contribution in [0.1, 0.15) is 23.4 Å². The van der Waals surface area contributed by atoms with E-state index in [4.69, 9.17) is 0 Å². The zero-order valence-electron chi connectivity index (χ0n) is 15.7. The predicted molar refractivity (Wildman–Crippen MR) is 96.8 cm³/mol. The van der Waals surface area contributed by atoms with Crippen molar-refractivity contribution < 1.29 is 22.9 Å². The van der Waals surface area contributed by atoms with E-state index in [9.17, 15) is 28.1 Å². The fraction of sp³-hybridized carbons (Fsp3) is 0.444. The number of piperazine rings is 1. The molecule has 0 saturated carbocycles. The summed E-state index contributed by atoms with van der Waals surface area (Å²) in [7, 11) is 0. The Balaban J connectivity index is 1.61. The van der Waals surface area contributed by atoms with E-state index < -0.39 is 22.7 Å². The molecule has 3 rings (SSSR count). The SMILES string of the molecule is Cc1c([N+](=O)[O-])c(C(F)F)nn1CC(=O)N1CCN(Cc2ccccc2F)CC1. The van der Waals surface area contributed by atoms with Crippen LogP contribution in [0.25, 0.3) is 0 Å². The minimum atomic E-state index is -3.10. The molecular weight excluding hydrogens is 391 g/mol. The molecule has 11 heteroatoms. The Kier molecular flexibility index (Phi) is 6.16. The van der Waals surface area contributed by atoms with Gasteiger partial charge in [-0.2, -0.15) is 5.10 Å². The first-order chi connectivity index (χ1) is 13.8. The number of halogens is 3. The van der Waals surface area contributed by atoms with Crippen LogP contribution in [0.3, 0.4) is 0 Å². The average Bonchev–Trinajstić information content (AvgIpc) is 3.01. The molecule has 1 aromatic heterocycles.